The van der Waals surface area contributed by atoms with E-state index >= 15 is 0 Å². The number of anilines is 1. The smallest absolute Gasteiger partial charge is 0.229 e. The Morgan fingerprint density at radius 3 is 2.11 bits per heavy atom. The summed E-state index contributed by atoms with van der Waals surface area (Å²) in [7, 11) is -3.30. The summed E-state index contributed by atoms with van der Waals surface area (Å²) in [5.41, 5.74) is 1.16. The highest BCUT2D eigenvalue weighted by molar-refractivity contribution is 7.92. The van der Waals surface area contributed by atoms with E-state index in [2.05, 4.69) is 14.5 Å². The average Bonchev–Trinajstić information content (AvgIpc) is 2.68. The Hall–Kier alpha value is -1.44. The third-order valence-corrected chi connectivity index (χ3v) is 6.43. The Morgan fingerprint density at radius 1 is 0.964 bits per heavy atom. The van der Waals surface area contributed by atoms with Gasteiger partial charge >= 0.3 is 0 Å². The normalized spacial score (nSPS) is 20.2. The lowest BCUT2D eigenvalue weighted by Gasteiger charge is -2.32. The van der Waals surface area contributed by atoms with Crippen LogP contribution in [0.15, 0.2) is 24.3 Å². The third-order valence-electron chi connectivity index (χ3n) is 5.83. The Labute approximate surface area is 169 Å². The van der Waals surface area contributed by atoms with Gasteiger partial charge in [0.15, 0.2) is 5.78 Å². The van der Waals surface area contributed by atoms with Crippen molar-refractivity contribution in [1.82, 2.24) is 9.80 Å². The standard InChI is InChI=1S/C21H33N3O3S/c1-28(26,27)22-20-8-6-18(7-9-20)21(25)19-10-16-24(17-11-19)15-5-14-23-12-3-2-4-13-23/h6-9,19,22H,2-5,10-17H2,1H3. The SMILES string of the molecule is CS(=O)(=O)Nc1ccc(C(=O)C2CCN(CCCN3CCCCC3)CC2)cc1. The van der Waals surface area contributed by atoms with E-state index in [0.717, 1.165) is 38.7 Å². The van der Waals surface area contributed by atoms with E-state index in [1.165, 1.54) is 45.3 Å². The van der Waals surface area contributed by atoms with Gasteiger partial charge in [-0.1, -0.05) is 6.42 Å². The molecule has 7 heteroatoms. The maximum atomic E-state index is 12.8. The van der Waals surface area contributed by atoms with E-state index in [-0.39, 0.29) is 11.7 Å². The first-order valence-corrected chi connectivity index (χ1v) is 12.4. The van der Waals surface area contributed by atoms with Gasteiger partial charge in [0.1, 0.15) is 0 Å². The molecule has 156 valence electrons. The number of likely N-dealkylation sites (tertiary alicyclic amines) is 2. The molecule has 0 unspecified atom stereocenters. The van der Waals surface area contributed by atoms with E-state index in [1.807, 2.05) is 0 Å². The van der Waals surface area contributed by atoms with Crippen LogP contribution < -0.4 is 4.72 Å². The number of benzene rings is 1. The van der Waals surface area contributed by atoms with Gasteiger partial charge in [-0.25, -0.2) is 8.42 Å². The number of hydrogen-bond acceptors (Lipinski definition) is 5. The first kappa shape index (κ1) is 21.3. The summed E-state index contributed by atoms with van der Waals surface area (Å²) >= 11 is 0. The number of nitrogens with one attached hydrogen (secondary N) is 1. The van der Waals surface area contributed by atoms with Crippen LogP contribution in [-0.2, 0) is 10.0 Å². The summed E-state index contributed by atoms with van der Waals surface area (Å²) in [6, 6.07) is 6.76. The van der Waals surface area contributed by atoms with Crippen LogP contribution in [0.3, 0.4) is 0 Å². The second kappa shape index (κ2) is 9.85. The minimum atomic E-state index is -3.30. The van der Waals surface area contributed by atoms with E-state index in [0.29, 0.717) is 11.3 Å². The molecule has 2 saturated heterocycles. The molecule has 2 aliphatic rings. The molecule has 2 heterocycles. The first-order chi connectivity index (χ1) is 13.4. The fraction of sp³-hybridized carbons (Fsp3) is 0.667. The van der Waals surface area contributed by atoms with Crippen molar-refractivity contribution in [3.05, 3.63) is 29.8 Å². The molecule has 2 aliphatic heterocycles. The van der Waals surface area contributed by atoms with Crippen molar-refractivity contribution >= 4 is 21.5 Å². The van der Waals surface area contributed by atoms with Gasteiger partial charge in [-0.2, -0.15) is 0 Å². The molecule has 0 amide bonds. The van der Waals surface area contributed by atoms with Gasteiger partial charge in [0.05, 0.1) is 6.26 Å². The van der Waals surface area contributed by atoms with E-state index in [9.17, 15) is 13.2 Å². The molecule has 2 fully saturated rings. The summed E-state index contributed by atoms with van der Waals surface area (Å²) < 4.78 is 25.0. The minimum Gasteiger partial charge on any atom is -0.303 e. The Balaban J connectivity index is 1.40. The maximum absolute atomic E-state index is 12.8. The van der Waals surface area contributed by atoms with Gasteiger partial charge in [-0.3, -0.25) is 9.52 Å². The van der Waals surface area contributed by atoms with Crippen molar-refractivity contribution in [2.24, 2.45) is 5.92 Å². The molecule has 1 aromatic carbocycles. The third kappa shape index (κ3) is 6.57. The number of hydrogen-bond donors (Lipinski definition) is 1. The van der Waals surface area contributed by atoms with Crippen LogP contribution in [0.1, 0.15) is 48.9 Å². The van der Waals surface area contributed by atoms with Gasteiger partial charge in [-0.15, -0.1) is 0 Å². The van der Waals surface area contributed by atoms with Crippen LogP contribution in [-0.4, -0.2) is 69.5 Å². The Kier molecular flexibility index (Phi) is 7.48. The average molecular weight is 408 g/mol. The molecule has 0 atom stereocenters. The number of sulfonamides is 1. The van der Waals surface area contributed by atoms with Crippen molar-refractivity contribution in [3.8, 4) is 0 Å². The molecule has 1 N–H and O–H groups in total. The van der Waals surface area contributed by atoms with Gasteiger partial charge in [0, 0.05) is 17.2 Å². The molecule has 28 heavy (non-hydrogen) atoms. The van der Waals surface area contributed by atoms with Gasteiger partial charge in [0.25, 0.3) is 0 Å². The lowest BCUT2D eigenvalue weighted by molar-refractivity contribution is 0.0835. The summed E-state index contributed by atoms with van der Waals surface area (Å²) in [5.74, 6) is 0.255. The molecular weight excluding hydrogens is 374 g/mol. The summed E-state index contributed by atoms with van der Waals surface area (Å²) in [6.45, 7) is 6.83. The topological polar surface area (TPSA) is 69.7 Å². The zero-order valence-corrected chi connectivity index (χ0v) is 17.7. The second-order valence-electron chi connectivity index (χ2n) is 8.19. The molecule has 1 aromatic rings. The molecule has 0 aromatic heterocycles. The fourth-order valence-corrected chi connectivity index (χ4v) is 4.84. The van der Waals surface area contributed by atoms with Crippen LogP contribution in [0.25, 0.3) is 0 Å². The van der Waals surface area contributed by atoms with Crippen molar-refractivity contribution < 1.29 is 13.2 Å². The van der Waals surface area contributed by atoms with Crippen LogP contribution in [0.5, 0.6) is 0 Å². The number of carbonyl (C=O) groups is 1. The first-order valence-electron chi connectivity index (χ1n) is 10.5. The van der Waals surface area contributed by atoms with Gasteiger partial charge in [-0.05, 0) is 95.6 Å². The van der Waals surface area contributed by atoms with E-state index in [4.69, 9.17) is 0 Å². The van der Waals surface area contributed by atoms with Crippen LogP contribution in [0, 0.1) is 5.92 Å². The van der Waals surface area contributed by atoms with Gasteiger partial charge < -0.3 is 9.80 Å². The number of carbonyl (C=O) groups excluding carboxylic acids is 1. The number of Topliss-reactive ketones (excluding diaryl/α,β-unsaturated/α-hetero) is 1. The summed E-state index contributed by atoms with van der Waals surface area (Å²) in [6.07, 6.45) is 8.23. The number of nitrogens with zero attached hydrogens (tertiary/aromatic N) is 2. The molecular formula is C21H33N3O3S. The molecule has 0 saturated carbocycles. The highest BCUT2D eigenvalue weighted by atomic mass is 32.2. The predicted octanol–water partition coefficient (Wildman–Crippen LogP) is 2.83. The van der Waals surface area contributed by atoms with Crippen molar-refractivity contribution in [2.75, 3.05) is 50.2 Å². The fourth-order valence-electron chi connectivity index (χ4n) is 4.27. The zero-order valence-electron chi connectivity index (χ0n) is 16.9. The predicted molar refractivity (Wildman–Crippen MR) is 113 cm³/mol. The number of rotatable bonds is 8. The van der Waals surface area contributed by atoms with Crippen LogP contribution in [0.2, 0.25) is 0 Å². The number of piperidine rings is 2. The van der Waals surface area contributed by atoms with Crippen molar-refractivity contribution in [2.45, 2.75) is 38.5 Å². The van der Waals surface area contributed by atoms with Gasteiger partial charge in [0.2, 0.25) is 10.0 Å². The Morgan fingerprint density at radius 2 is 1.54 bits per heavy atom. The maximum Gasteiger partial charge on any atom is 0.229 e. The molecule has 3 rings (SSSR count). The molecule has 0 spiro atoms. The molecule has 0 radical (unpaired) electrons. The quantitative estimate of drug-likeness (QED) is 0.671. The molecule has 6 nitrogen and oxygen atoms in total. The zero-order chi connectivity index (χ0) is 20.0. The van der Waals surface area contributed by atoms with Crippen LogP contribution >= 0.6 is 0 Å². The van der Waals surface area contributed by atoms with E-state index in [1.54, 1.807) is 24.3 Å². The highest BCUT2D eigenvalue weighted by Gasteiger charge is 2.25. The van der Waals surface area contributed by atoms with Crippen molar-refractivity contribution in [1.29, 1.82) is 0 Å². The van der Waals surface area contributed by atoms with Crippen LogP contribution in [0.4, 0.5) is 5.69 Å². The monoisotopic (exact) mass is 407 g/mol. The summed E-state index contributed by atoms with van der Waals surface area (Å²) in [5, 5.41) is 0. The highest BCUT2D eigenvalue weighted by Crippen LogP contribution is 2.23. The number of ketones is 1. The Bertz CT molecular complexity index is 735. The minimum absolute atomic E-state index is 0.0760. The largest absolute Gasteiger partial charge is 0.303 e. The summed E-state index contributed by atoms with van der Waals surface area (Å²) in [4.78, 5) is 17.8. The second-order valence-corrected chi connectivity index (χ2v) is 9.94. The lowest BCUT2D eigenvalue weighted by atomic mass is 9.89. The van der Waals surface area contributed by atoms with Crippen molar-refractivity contribution in [3.63, 3.8) is 0 Å². The molecule has 0 aliphatic carbocycles. The lowest BCUT2D eigenvalue weighted by Crippen LogP contribution is -2.38. The van der Waals surface area contributed by atoms with E-state index < -0.39 is 10.0 Å². The molecule has 0 bridgehead atoms.